The molecule has 3 nitrogen and oxygen atoms in total. The molecule has 0 unspecified atom stereocenters. The highest BCUT2D eigenvalue weighted by atomic mass is 32.1. The Kier molecular flexibility index (Phi) is 7.33. The summed E-state index contributed by atoms with van der Waals surface area (Å²) in [6, 6.07) is 24.6. The quantitative estimate of drug-likeness (QED) is 0.229. The Bertz CT molecular complexity index is 1620. The van der Waals surface area contributed by atoms with Gasteiger partial charge in [-0.05, 0) is 59.1 Å². The molecule has 0 aliphatic rings. The van der Waals surface area contributed by atoms with Crippen molar-refractivity contribution in [3.8, 4) is 55.6 Å². The predicted molar refractivity (Wildman–Crippen MR) is 174 cm³/mol. The number of rotatable bonds is 4. The van der Waals surface area contributed by atoms with Crippen molar-refractivity contribution in [2.75, 3.05) is 0 Å². The third-order valence-electron chi connectivity index (χ3n) is 7.57. The van der Waals surface area contributed by atoms with E-state index in [2.05, 4.69) is 109 Å². The minimum atomic E-state index is -0.189. The van der Waals surface area contributed by atoms with E-state index in [4.69, 9.17) is 4.98 Å². The van der Waals surface area contributed by atoms with Crippen LogP contribution in [0.15, 0.2) is 78.2 Å². The van der Waals surface area contributed by atoms with E-state index in [1.165, 1.54) is 0 Å². The first-order valence-electron chi connectivity index (χ1n) is 14.1. The van der Waals surface area contributed by atoms with E-state index in [9.17, 15) is 10.2 Å². The molecule has 5 aromatic rings. The van der Waals surface area contributed by atoms with E-state index in [-0.39, 0.29) is 10.8 Å². The van der Waals surface area contributed by atoms with Crippen LogP contribution >= 0.6 is 11.3 Å². The second-order valence-electron chi connectivity index (χ2n) is 13.0. The van der Waals surface area contributed by atoms with Crippen LogP contribution in [-0.2, 0) is 10.8 Å². The predicted octanol–water partition coefficient (Wildman–Crippen LogP) is 10.4. The summed E-state index contributed by atoms with van der Waals surface area (Å²) < 4.78 is 0. The Morgan fingerprint density at radius 1 is 0.561 bits per heavy atom. The zero-order chi connectivity index (χ0) is 29.7. The first-order valence-corrected chi connectivity index (χ1v) is 15.0. The lowest BCUT2D eigenvalue weighted by atomic mass is 9.82. The zero-order valence-corrected chi connectivity index (χ0v) is 26.1. The van der Waals surface area contributed by atoms with Gasteiger partial charge in [-0.25, -0.2) is 4.98 Å². The van der Waals surface area contributed by atoms with E-state index >= 15 is 0 Å². The zero-order valence-electron chi connectivity index (χ0n) is 25.3. The molecule has 4 aromatic carbocycles. The highest BCUT2D eigenvalue weighted by Crippen LogP contribution is 2.46. The molecule has 1 aromatic heterocycles. The Hall–Kier alpha value is -3.89. The lowest BCUT2D eigenvalue weighted by molar-refractivity contribution is 0.447. The fourth-order valence-corrected chi connectivity index (χ4v) is 6.34. The molecule has 0 aliphatic heterocycles. The summed E-state index contributed by atoms with van der Waals surface area (Å²) in [5.74, 6) is 0.642. The summed E-state index contributed by atoms with van der Waals surface area (Å²) >= 11 is 1.59. The van der Waals surface area contributed by atoms with Gasteiger partial charge in [0.05, 0.1) is 5.69 Å². The van der Waals surface area contributed by atoms with Crippen LogP contribution in [0.4, 0.5) is 0 Å². The maximum Gasteiger partial charge on any atom is 0.127 e. The molecule has 5 rings (SSSR count). The normalized spacial score (nSPS) is 12.1. The van der Waals surface area contributed by atoms with E-state index in [0.29, 0.717) is 11.5 Å². The molecule has 2 N–H and O–H groups in total. The topological polar surface area (TPSA) is 53.4 Å². The molecule has 4 heteroatoms. The van der Waals surface area contributed by atoms with E-state index in [1.54, 1.807) is 11.3 Å². The minimum absolute atomic E-state index is 0.188. The smallest absolute Gasteiger partial charge is 0.127 e. The van der Waals surface area contributed by atoms with Crippen LogP contribution in [-0.4, -0.2) is 15.2 Å². The monoisotopic (exact) mass is 561 g/mol. The Morgan fingerprint density at radius 2 is 0.976 bits per heavy atom. The highest BCUT2D eigenvalue weighted by molar-refractivity contribution is 7.13. The second-order valence-corrected chi connectivity index (χ2v) is 13.9. The van der Waals surface area contributed by atoms with Crippen LogP contribution in [0.1, 0.15) is 63.8 Å². The molecule has 1 heterocycles. The number of aromatic hydroxyl groups is 2. The molecule has 0 fully saturated rings. The van der Waals surface area contributed by atoms with Gasteiger partial charge in [-0.2, -0.15) is 0 Å². The van der Waals surface area contributed by atoms with Crippen molar-refractivity contribution in [3.63, 3.8) is 0 Å². The fourth-order valence-electron chi connectivity index (χ4n) is 5.48. The van der Waals surface area contributed by atoms with Crippen molar-refractivity contribution in [2.24, 2.45) is 0 Å². The SMILES string of the molecule is Cc1cc(-c2ccccc2-c2csc(-c3ccccc3-c3cc(C)cc(C(C)(C)C)c3O)n2)c(O)c(C(C)(C)C)c1. The van der Waals surface area contributed by atoms with Gasteiger partial charge in [-0.3, -0.25) is 0 Å². The Labute approximate surface area is 248 Å². The number of hydrogen-bond acceptors (Lipinski definition) is 4. The first kappa shape index (κ1) is 28.6. The van der Waals surface area contributed by atoms with Gasteiger partial charge in [0.15, 0.2) is 0 Å². The number of hydrogen-bond donors (Lipinski definition) is 2. The van der Waals surface area contributed by atoms with Crippen molar-refractivity contribution < 1.29 is 10.2 Å². The maximum atomic E-state index is 11.4. The van der Waals surface area contributed by atoms with Crippen LogP contribution in [0, 0.1) is 13.8 Å². The summed E-state index contributed by atoms with van der Waals surface area (Å²) in [4.78, 5) is 5.12. The summed E-state index contributed by atoms with van der Waals surface area (Å²) in [6.07, 6.45) is 0. The van der Waals surface area contributed by atoms with Gasteiger partial charge in [0.2, 0.25) is 0 Å². The van der Waals surface area contributed by atoms with Crippen LogP contribution in [0.2, 0.25) is 0 Å². The van der Waals surface area contributed by atoms with Gasteiger partial charge in [0, 0.05) is 38.8 Å². The van der Waals surface area contributed by atoms with Gasteiger partial charge in [-0.1, -0.05) is 102 Å². The van der Waals surface area contributed by atoms with Gasteiger partial charge in [0.25, 0.3) is 0 Å². The molecule has 41 heavy (non-hydrogen) atoms. The van der Waals surface area contributed by atoms with Gasteiger partial charge < -0.3 is 10.2 Å². The highest BCUT2D eigenvalue weighted by Gasteiger charge is 2.25. The summed E-state index contributed by atoms with van der Waals surface area (Å²) in [5.41, 5.74) is 10.1. The number of benzene rings is 4. The van der Waals surface area contributed by atoms with Crippen LogP contribution in [0.5, 0.6) is 11.5 Å². The molecule has 0 bridgehead atoms. The summed E-state index contributed by atoms with van der Waals surface area (Å²) in [7, 11) is 0. The summed E-state index contributed by atoms with van der Waals surface area (Å²) in [6.45, 7) is 16.9. The average Bonchev–Trinajstić information content (AvgIpc) is 3.40. The molecule has 0 atom stereocenters. The van der Waals surface area contributed by atoms with Crippen molar-refractivity contribution in [1.29, 1.82) is 0 Å². The molecule has 0 radical (unpaired) electrons. The molecular weight excluding hydrogens is 522 g/mol. The molecule has 0 saturated heterocycles. The van der Waals surface area contributed by atoms with Gasteiger partial charge in [0.1, 0.15) is 16.5 Å². The minimum Gasteiger partial charge on any atom is -0.507 e. The molecule has 0 saturated carbocycles. The van der Waals surface area contributed by atoms with Crippen molar-refractivity contribution >= 4 is 11.3 Å². The average molecular weight is 562 g/mol. The standard InChI is InChI=1S/C37H39NO2S/c1-22-17-28(33(39)30(19-22)36(3,4)5)24-13-9-11-15-26(24)32-21-41-35(38-32)27-16-12-10-14-25(27)29-18-23(2)20-31(34(29)40)37(6,7)8/h9-21,39-40H,1-8H3. The lowest BCUT2D eigenvalue weighted by Gasteiger charge is -2.23. The van der Waals surface area contributed by atoms with E-state index < -0.39 is 0 Å². The molecular formula is C37H39NO2S. The first-order chi connectivity index (χ1) is 19.3. The van der Waals surface area contributed by atoms with E-state index in [1.807, 2.05) is 24.3 Å². The summed E-state index contributed by atoms with van der Waals surface area (Å²) in [5, 5.41) is 25.8. The third-order valence-corrected chi connectivity index (χ3v) is 8.45. The Morgan fingerprint density at radius 3 is 1.44 bits per heavy atom. The molecule has 0 spiro atoms. The molecule has 210 valence electrons. The number of aromatic nitrogens is 1. The Balaban J connectivity index is 1.64. The largest absolute Gasteiger partial charge is 0.507 e. The third kappa shape index (κ3) is 5.54. The molecule has 0 aliphatic carbocycles. The number of phenols is 2. The van der Waals surface area contributed by atoms with Crippen LogP contribution in [0.25, 0.3) is 44.1 Å². The van der Waals surface area contributed by atoms with Crippen molar-refractivity contribution in [3.05, 3.63) is 100 Å². The maximum absolute atomic E-state index is 11.4. The van der Waals surface area contributed by atoms with Crippen molar-refractivity contribution in [1.82, 2.24) is 4.98 Å². The lowest BCUT2D eigenvalue weighted by Crippen LogP contribution is -2.12. The fraction of sp³-hybridized carbons (Fsp3) is 0.270. The number of aryl methyl sites for hydroxylation is 2. The van der Waals surface area contributed by atoms with Crippen LogP contribution < -0.4 is 0 Å². The van der Waals surface area contributed by atoms with Crippen molar-refractivity contribution in [2.45, 2.75) is 66.2 Å². The number of thiazole rings is 1. The number of nitrogens with zero attached hydrogens (tertiary/aromatic N) is 1. The van der Waals surface area contributed by atoms with Crippen LogP contribution in [0.3, 0.4) is 0 Å². The van der Waals surface area contributed by atoms with Gasteiger partial charge >= 0.3 is 0 Å². The molecule has 0 amide bonds. The van der Waals surface area contributed by atoms with E-state index in [0.717, 1.165) is 66.3 Å². The van der Waals surface area contributed by atoms with Gasteiger partial charge in [-0.15, -0.1) is 11.3 Å². The number of phenolic OH excluding ortho intramolecular Hbond substituents is 2. The second kappa shape index (κ2) is 10.5.